The normalized spacial score (nSPS) is 10.7. The number of nitrogens with zero attached hydrogens (tertiary/aromatic N) is 1. The zero-order chi connectivity index (χ0) is 10.1. The highest BCUT2D eigenvalue weighted by molar-refractivity contribution is 5.99. The van der Waals surface area contributed by atoms with Crippen LogP contribution in [0.2, 0.25) is 0 Å². The van der Waals surface area contributed by atoms with Crippen LogP contribution >= 0.6 is 0 Å². The zero-order valence-electron chi connectivity index (χ0n) is 8.29. The average Bonchev–Trinajstić information content (AvgIpc) is 2.59. The SMILES string of the molecule is CCC(=O)c1ccc2c(C)[nH]nc2c1. The van der Waals surface area contributed by atoms with Crippen LogP contribution in [-0.4, -0.2) is 16.0 Å². The van der Waals surface area contributed by atoms with Gasteiger partial charge in [0, 0.05) is 23.1 Å². The summed E-state index contributed by atoms with van der Waals surface area (Å²) in [5.74, 6) is 0.160. The topological polar surface area (TPSA) is 45.8 Å². The van der Waals surface area contributed by atoms with E-state index >= 15 is 0 Å². The van der Waals surface area contributed by atoms with Gasteiger partial charge in [0.15, 0.2) is 5.78 Å². The van der Waals surface area contributed by atoms with Gasteiger partial charge in [-0.3, -0.25) is 9.89 Å². The summed E-state index contributed by atoms with van der Waals surface area (Å²) in [6.07, 6.45) is 0.537. The molecule has 1 heterocycles. The second-order valence-corrected chi connectivity index (χ2v) is 3.36. The van der Waals surface area contributed by atoms with E-state index in [0.717, 1.165) is 22.2 Å². The molecule has 1 aromatic heterocycles. The van der Waals surface area contributed by atoms with Crippen molar-refractivity contribution in [2.75, 3.05) is 0 Å². The molecule has 3 nitrogen and oxygen atoms in total. The summed E-state index contributed by atoms with van der Waals surface area (Å²) in [7, 11) is 0. The Morgan fingerprint density at radius 1 is 1.50 bits per heavy atom. The summed E-state index contributed by atoms with van der Waals surface area (Å²) in [6.45, 7) is 3.83. The summed E-state index contributed by atoms with van der Waals surface area (Å²) in [4.78, 5) is 11.4. The molecule has 0 fully saturated rings. The maximum absolute atomic E-state index is 11.4. The predicted molar refractivity (Wildman–Crippen MR) is 55.5 cm³/mol. The number of rotatable bonds is 2. The number of aromatic amines is 1. The van der Waals surface area contributed by atoms with E-state index in [9.17, 15) is 4.79 Å². The van der Waals surface area contributed by atoms with Gasteiger partial charge >= 0.3 is 0 Å². The van der Waals surface area contributed by atoms with Gasteiger partial charge in [-0.25, -0.2) is 0 Å². The molecule has 0 aliphatic carbocycles. The number of Topliss-reactive ketones (excluding diaryl/α,β-unsaturated/α-hetero) is 1. The molecule has 0 bridgehead atoms. The van der Waals surface area contributed by atoms with Gasteiger partial charge < -0.3 is 0 Å². The minimum atomic E-state index is 0.160. The highest BCUT2D eigenvalue weighted by atomic mass is 16.1. The Bertz CT molecular complexity index is 485. The average molecular weight is 188 g/mol. The number of nitrogens with one attached hydrogen (secondary N) is 1. The Morgan fingerprint density at radius 2 is 2.29 bits per heavy atom. The van der Waals surface area contributed by atoms with E-state index in [4.69, 9.17) is 0 Å². The summed E-state index contributed by atoms with van der Waals surface area (Å²) in [5.41, 5.74) is 2.64. The molecule has 1 aromatic carbocycles. The fourth-order valence-electron chi connectivity index (χ4n) is 1.52. The lowest BCUT2D eigenvalue weighted by molar-refractivity contribution is 0.0988. The summed E-state index contributed by atoms with van der Waals surface area (Å²) < 4.78 is 0. The molecule has 72 valence electrons. The number of hydrogen-bond acceptors (Lipinski definition) is 2. The monoisotopic (exact) mass is 188 g/mol. The molecular formula is C11H12N2O. The lowest BCUT2D eigenvalue weighted by Crippen LogP contribution is -1.95. The molecule has 3 heteroatoms. The largest absolute Gasteiger partial charge is 0.294 e. The van der Waals surface area contributed by atoms with Crippen LogP contribution in [0.4, 0.5) is 0 Å². The second kappa shape index (κ2) is 3.25. The molecule has 2 aromatic rings. The number of benzene rings is 1. The summed E-state index contributed by atoms with van der Waals surface area (Å²) >= 11 is 0. The first-order chi connectivity index (χ1) is 6.72. The maximum Gasteiger partial charge on any atom is 0.162 e. The third-order valence-corrected chi connectivity index (χ3v) is 2.39. The molecule has 14 heavy (non-hydrogen) atoms. The first kappa shape index (κ1) is 8.94. The molecule has 0 aliphatic heterocycles. The van der Waals surface area contributed by atoms with Crippen molar-refractivity contribution >= 4 is 16.7 Å². The van der Waals surface area contributed by atoms with Gasteiger partial charge in [-0.1, -0.05) is 19.1 Å². The van der Waals surface area contributed by atoms with Crippen LogP contribution in [0.5, 0.6) is 0 Å². The lowest BCUT2D eigenvalue weighted by atomic mass is 10.1. The van der Waals surface area contributed by atoms with E-state index in [2.05, 4.69) is 10.2 Å². The van der Waals surface area contributed by atoms with Crippen LogP contribution in [0.15, 0.2) is 18.2 Å². The first-order valence-corrected chi connectivity index (χ1v) is 4.70. The van der Waals surface area contributed by atoms with Gasteiger partial charge in [0.25, 0.3) is 0 Å². The summed E-state index contributed by atoms with van der Waals surface area (Å²) in [5, 5.41) is 8.10. The van der Waals surface area contributed by atoms with Gasteiger partial charge in [-0.15, -0.1) is 0 Å². The fraction of sp³-hybridized carbons (Fsp3) is 0.273. The number of aromatic nitrogens is 2. The number of hydrogen-bond donors (Lipinski definition) is 1. The Balaban J connectivity index is 2.57. The van der Waals surface area contributed by atoms with Crippen LogP contribution in [-0.2, 0) is 0 Å². The van der Waals surface area contributed by atoms with Gasteiger partial charge in [0.2, 0.25) is 0 Å². The van der Waals surface area contributed by atoms with Gasteiger partial charge in [-0.2, -0.15) is 5.10 Å². The van der Waals surface area contributed by atoms with Crippen molar-refractivity contribution in [2.24, 2.45) is 0 Å². The van der Waals surface area contributed by atoms with E-state index in [-0.39, 0.29) is 5.78 Å². The van der Waals surface area contributed by atoms with E-state index in [0.29, 0.717) is 6.42 Å². The zero-order valence-corrected chi connectivity index (χ0v) is 8.29. The Kier molecular flexibility index (Phi) is 2.08. The molecule has 0 saturated carbocycles. The van der Waals surface area contributed by atoms with Crippen molar-refractivity contribution in [1.29, 1.82) is 0 Å². The molecule has 0 atom stereocenters. The molecule has 1 N–H and O–H groups in total. The third-order valence-electron chi connectivity index (χ3n) is 2.39. The Morgan fingerprint density at radius 3 is 3.00 bits per heavy atom. The van der Waals surface area contributed by atoms with Crippen molar-refractivity contribution in [1.82, 2.24) is 10.2 Å². The second-order valence-electron chi connectivity index (χ2n) is 3.36. The molecule has 0 saturated heterocycles. The minimum Gasteiger partial charge on any atom is -0.294 e. The highest BCUT2D eigenvalue weighted by Crippen LogP contribution is 2.17. The van der Waals surface area contributed by atoms with E-state index < -0.39 is 0 Å². The summed E-state index contributed by atoms with van der Waals surface area (Å²) in [6, 6.07) is 5.64. The number of fused-ring (bicyclic) bond motifs is 1. The van der Waals surface area contributed by atoms with E-state index in [1.807, 2.05) is 32.0 Å². The van der Waals surface area contributed by atoms with Crippen LogP contribution < -0.4 is 0 Å². The number of carbonyl (C=O) groups is 1. The smallest absolute Gasteiger partial charge is 0.162 e. The van der Waals surface area contributed by atoms with Gasteiger partial charge in [0.1, 0.15) is 0 Å². The number of ketones is 1. The molecule has 0 radical (unpaired) electrons. The Hall–Kier alpha value is -1.64. The van der Waals surface area contributed by atoms with Crippen molar-refractivity contribution in [2.45, 2.75) is 20.3 Å². The quantitative estimate of drug-likeness (QED) is 0.736. The molecule has 0 unspecified atom stereocenters. The van der Waals surface area contributed by atoms with Crippen molar-refractivity contribution in [3.63, 3.8) is 0 Å². The number of H-pyrrole nitrogens is 1. The first-order valence-electron chi connectivity index (χ1n) is 4.70. The van der Waals surface area contributed by atoms with E-state index in [1.54, 1.807) is 0 Å². The van der Waals surface area contributed by atoms with E-state index in [1.165, 1.54) is 0 Å². The molecule has 0 spiro atoms. The maximum atomic E-state index is 11.4. The minimum absolute atomic E-state index is 0.160. The van der Waals surface area contributed by atoms with Crippen molar-refractivity contribution < 1.29 is 4.79 Å². The van der Waals surface area contributed by atoms with Crippen molar-refractivity contribution in [3.05, 3.63) is 29.5 Å². The Labute approximate surface area is 82.1 Å². The van der Waals surface area contributed by atoms with Gasteiger partial charge in [-0.05, 0) is 13.0 Å². The molecular weight excluding hydrogens is 176 g/mol. The standard InChI is InChI=1S/C11H12N2O/c1-3-11(14)8-4-5-9-7(2)12-13-10(9)6-8/h4-6H,3H2,1-2H3,(H,12,13). The fourth-order valence-corrected chi connectivity index (χ4v) is 1.52. The van der Waals surface area contributed by atoms with Crippen LogP contribution in [0.25, 0.3) is 10.9 Å². The predicted octanol–water partition coefficient (Wildman–Crippen LogP) is 2.46. The number of carbonyl (C=O) groups excluding carboxylic acids is 1. The third kappa shape index (κ3) is 1.31. The molecule has 0 aliphatic rings. The lowest BCUT2D eigenvalue weighted by Gasteiger charge is -1.96. The molecule has 2 rings (SSSR count). The van der Waals surface area contributed by atoms with Crippen LogP contribution in [0.3, 0.4) is 0 Å². The van der Waals surface area contributed by atoms with Crippen molar-refractivity contribution in [3.8, 4) is 0 Å². The van der Waals surface area contributed by atoms with Crippen LogP contribution in [0, 0.1) is 6.92 Å². The van der Waals surface area contributed by atoms with Crippen LogP contribution in [0.1, 0.15) is 29.4 Å². The number of aryl methyl sites for hydroxylation is 1. The highest BCUT2D eigenvalue weighted by Gasteiger charge is 2.06. The van der Waals surface area contributed by atoms with Gasteiger partial charge in [0.05, 0.1) is 5.52 Å². The molecule has 0 amide bonds.